The van der Waals surface area contributed by atoms with Gasteiger partial charge in [-0.25, -0.2) is 0 Å². The van der Waals surface area contributed by atoms with Gasteiger partial charge in [0.25, 0.3) is 0 Å². The van der Waals surface area contributed by atoms with Crippen LogP contribution < -0.4 is 14.2 Å². The first kappa shape index (κ1) is 16.7. The molecule has 0 aromatic heterocycles. The summed E-state index contributed by atoms with van der Waals surface area (Å²) in [5.41, 5.74) is 1.26. The third-order valence-electron chi connectivity index (χ3n) is 4.30. The molecule has 1 atom stereocenters. The molecule has 134 valence electrons. The largest absolute Gasteiger partial charge is 0.492 e. The Hall–Kier alpha value is -2.73. The Labute approximate surface area is 154 Å². The number of esters is 1. The Morgan fingerprint density at radius 3 is 2.73 bits per heavy atom. The molecule has 7 heteroatoms. The van der Waals surface area contributed by atoms with Crippen molar-refractivity contribution in [2.24, 2.45) is 5.92 Å². The predicted octanol–water partition coefficient (Wildman–Crippen LogP) is 3.05. The molecule has 0 unspecified atom stereocenters. The van der Waals surface area contributed by atoms with Crippen LogP contribution in [0.2, 0.25) is 5.02 Å². The molecular weight excluding hydrogens is 360 g/mol. The average molecular weight is 375 g/mol. The first-order valence-electron chi connectivity index (χ1n) is 8.11. The highest BCUT2D eigenvalue weighted by Gasteiger charge is 2.28. The lowest BCUT2D eigenvalue weighted by Gasteiger charge is -2.24. The number of hydrogen-bond donors (Lipinski definition) is 0. The van der Waals surface area contributed by atoms with Crippen LogP contribution in [-0.2, 0) is 16.0 Å². The van der Waals surface area contributed by atoms with Crippen molar-refractivity contribution in [3.63, 3.8) is 0 Å². The third-order valence-corrected chi connectivity index (χ3v) is 4.54. The van der Waals surface area contributed by atoms with Crippen LogP contribution in [0, 0.1) is 5.92 Å². The topological polar surface area (TPSA) is 71.1 Å². The molecule has 0 N–H and O–H groups in total. The van der Waals surface area contributed by atoms with E-state index in [1.54, 1.807) is 36.4 Å². The number of Topliss-reactive ketones (excluding diaryl/α,β-unsaturated/α-hetero) is 1. The Morgan fingerprint density at radius 2 is 1.85 bits per heavy atom. The molecule has 26 heavy (non-hydrogen) atoms. The van der Waals surface area contributed by atoms with Crippen molar-refractivity contribution in [1.29, 1.82) is 0 Å². The van der Waals surface area contributed by atoms with Crippen LogP contribution in [0.15, 0.2) is 36.4 Å². The van der Waals surface area contributed by atoms with Gasteiger partial charge in [-0.05, 0) is 48.4 Å². The zero-order chi connectivity index (χ0) is 18.1. The second-order valence-electron chi connectivity index (χ2n) is 6.06. The number of ether oxygens (including phenoxy) is 4. The number of benzene rings is 2. The van der Waals surface area contributed by atoms with Crippen molar-refractivity contribution in [3.8, 4) is 17.2 Å². The summed E-state index contributed by atoms with van der Waals surface area (Å²) in [7, 11) is 0. The fourth-order valence-corrected chi connectivity index (χ4v) is 3.12. The predicted molar refractivity (Wildman–Crippen MR) is 92.0 cm³/mol. The van der Waals surface area contributed by atoms with Gasteiger partial charge < -0.3 is 18.9 Å². The number of hydrogen-bond acceptors (Lipinski definition) is 6. The summed E-state index contributed by atoms with van der Waals surface area (Å²) in [6.07, 6.45) is 0.465. The van der Waals surface area contributed by atoms with Gasteiger partial charge in [0.1, 0.15) is 12.4 Å². The Bertz CT molecular complexity index is 878. The molecule has 0 saturated heterocycles. The maximum absolute atomic E-state index is 12.3. The Morgan fingerprint density at radius 1 is 1.04 bits per heavy atom. The molecule has 2 aliphatic rings. The summed E-state index contributed by atoms with van der Waals surface area (Å²) >= 11 is 5.98. The molecule has 6 nitrogen and oxygen atoms in total. The number of fused-ring (bicyclic) bond motifs is 2. The molecule has 0 bridgehead atoms. The van der Waals surface area contributed by atoms with Crippen molar-refractivity contribution in [2.45, 2.75) is 6.42 Å². The minimum absolute atomic E-state index is 0.134. The third kappa shape index (κ3) is 3.32. The van der Waals surface area contributed by atoms with E-state index in [1.807, 2.05) is 0 Å². The van der Waals surface area contributed by atoms with Gasteiger partial charge in [0.05, 0.1) is 5.92 Å². The normalized spacial score (nSPS) is 17.2. The van der Waals surface area contributed by atoms with Crippen LogP contribution in [0.25, 0.3) is 0 Å². The molecule has 2 aromatic rings. The number of halogens is 1. The van der Waals surface area contributed by atoms with Crippen LogP contribution in [0.4, 0.5) is 0 Å². The molecule has 0 amide bonds. The van der Waals surface area contributed by atoms with Crippen LogP contribution in [0.5, 0.6) is 17.2 Å². The van der Waals surface area contributed by atoms with E-state index in [0.29, 0.717) is 28.5 Å². The van der Waals surface area contributed by atoms with Crippen LogP contribution in [-0.4, -0.2) is 31.8 Å². The van der Waals surface area contributed by atoms with Crippen LogP contribution in [0.1, 0.15) is 15.9 Å². The van der Waals surface area contributed by atoms with Gasteiger partial charge in [0.2, 0.25) is 6.79 Å². The van der Waals surface area contributed by atoms with Crippen molar-refractivity contribution < 1.29 is 28.5 Å². The van der Waals surface area contributed by atoms with Crippen molar-refractivity contribution in [2.75, 3.05) is 20.0 Å². The Balaban J connectivity index is 1.36. The lowest BCUT2D eigenvalue weighted by Crippen LogP contribution is -2.31. The van der Waals surface area contributed by atoms with Gasteiger partial charge in [-0.2, -0.15) is 0 Å². The van der Waals surface area contributed by atoms with E-state index >= 15 is 0 Å². The smallest absolute Gasteiger partial charge is 0.313 e. The van der Waals surface area contributed by atoms with Crippen molar-refractivity contribution >= 4 is 23.4 Å². The Kier molecular flexibility index (Phi) is 4.42. The van der Waals surface area contributed by atoms with Gasteiger partial charge in [0, 0.05) is 10.6 Å². The minimum atomic E-state index is -0.468. The molecule has 2 aromatic carbocycles. The van der Waals surface area contributed by atoms with Gasteiger partial charge in [-0.3, -0.25) is 9.59 Å². The van der Waals surface area contributed by atoms with E-state index < -0.39 is 11.9 Å². The van der Waals surface area contributed by atoms with E-state index in [4.69, 9.17) is 30.5 Å². The maximum atomic E-state index is 12.3. The monoisotopic (exact) mass is 374 g/mol. The van der Waals surface area contributed by atoms with Crippen molar-refractivity contribution in [1.82, 2.24) is 0 Å². The van der Waals surface area contributed by atoms with E-state index in [2.05, 4.69) is 0 Å². The highest BCUT2D eigenvalue weighted by Crippen LogP contribution is 2.33. The molecule has 0 fully saturated rings. The molecule has 4 rings (SSSR count). The summed E-state index contributed by atoms with van der Waals surface area (Å²) < 4.78 is 21.2. The van der Waals surface area contributed by atoms with E-state index in [9.17, 15) is 9.59 Å². The van der Waals surface area contributed by atoms with Crippen LogP contribution >= 0.6 is 11.6 Å². The molecule has 0 radical (unpaired) electrons. The summed E-state index contributed by atoms with van der Waals surface area (Å²) in [5.74, 6) is 0.577. The summed E-state index contributed by atoms with van der Waals surface area (Å²) in [6, 6.07) is 10.2. The molecule has 2 aliphatic heterocycles. The maximum Gasteiger partial charge on any atom is 0.313 e. The SMILES string of the molecule is O=C(COC(=O)[C@@H]1COc2ccc(Cl)cc2C1)c1ccc2c(c1)OCO2. The standard InChI is InChI=1S/C19H15ClO6/c20-14-2-4-16-12(6-14)5-13(8-23-16)19(22)24-9-15(21)11-1-3-17-18(7-11)26-10-25-17/h1-4,6-7,13H,5,8-10H2/t13-/m0/s1. The van der Waals surface area contributed by atoms with E-state index in [1.165, 1.54) is 0 Å². The van der Waals surface area contributed by atoms with Crippen LogP contribution in [0.3, 0.4) is 0 Å². The summed E-state index contributed by atoms with van der Waals surface area (Å²) in [5, 5.41) is 0.583. The number of carbonyl (C=O) groups is 2. The number of ketones is 1. The van der Waals surface area contributed by atoms with Gasteiger partial charge in [-0.15, -0.1) is 0 Å². The number of carbonyl (C=O) groups excluding carboxylic acids is 2. The van der Waals surface area contributed by atoms with E-state index in [-0.39, 0.29) is 25.8 Å². The quantitative estimate of drug-likeness (QED) is 0.605. The fraction of sp³-hybridized carbons (Fsp3) is 0.263. The fourth-order valence-electron chi connectivity index (χ4n) is 2.92. The molecular formula is C19H15ClO6. The highest BCUT2D eigenvalue weighted by molar-refractivity contribution is 6.30. The number of rotatable bonds is 4. The summed E-state index contributed by atoms with van der Waals surface area (Å²) in [4.78, 5) is 24.5. The first-order chi connectivity index (χ1) is 12.6. The second-order valence-corrected chi connectivity index (χ2v) is 6.50. The zero-order valence-electron chi connectivity index (χ0n) is 13.7. The lowest BCUT2D eigenvalue weighted by atomic mass is 9.97. The molecule has 0 spiro atoms. The molecule has 0 saturated carbocycles. The minimum Gasteiger partial charge on any atom is -0.492 e. The zero-order valence-corrected chi connectivity index (χ0v) is 14.5. The highest BCUT2D eigenvalue weighted by atomic mass is 35.5. The summed E-state index contributed by atoms with van der Waals surface area (Å²) in [6.45, 7) is 0.0121. The lowest BCUT2D eigenvalue weighted by molar-refractivity contribution is -0.148. The van der Waals surface area contributed by atoms with Gasteiger partial charge in [0.15, 0.2) is 23.9 Å². The molecule has 2 heterocycles. The molecule has 0 aliphatic carbocycles. The average Bonchev–Trinajstić information content (AvgIpc) is 3.13. The first-order valence-corrected chi connectivity index (χ1v) is 8.48. The second kappa shape index (κ2) is 6.88. The van der Waals surface area contributed by atoms with Crippen molar-refractivity contribution in [3.05, 3.63) is 52.5 Å². The van der Waals surface area contributed by atoms with Gasteiger partial charge in [-0.1, -0.05) is 11.6 Å². The van der Waals surface area contributed by atoms with E-state index in [0.717, 1.165) is 11.3 Å². The van der Waals surface area contributed by atoms with Gasteiger partial charge >= 0.3 is 5.97 Å².